The molecule has 3 heterocycles. The molecule has 0 fully saturated rings. The summed E-state index contributed by atoms with van der Waals surface area (Å²) < 4.78 is 52.7. The van der Waals surface area contributed by atoms with Gasteiger partial charge in [0.1, 0.15) is 22.3 Å². The summed E-state index contributed by atoms with van der Waals surface area (Å²) in [5.74, 6) is -0.409. The number of rotatable bonds is 5. The van der Waals surface area contributed by atoms with E-state index in [-0.39, 0.29) is 45.2 Å². The normalized spacial score (nSPS) is 17.8. The van der Waals surface area contributed by atoms with E-state index in [2.05, 4.69) is 15.7 Å². The maximum absolute atomic E-state index is 13.9. The lowest BCUT2D eigenvalue weighted by atomic mass is 10.0. The summed E-state index contributed by atoms with van der Waals surface area (Å²) in [6.45, 7) is 0. The largest absolute Gasteiger partial charge is 0.495 e. The van der Waals surface area contributed by atoms with Gasteiger partial charge in [-0.15, -0.1) is 11.3 Å². The molecular weight excluding hydrogens is 504 g/mol. The van der Waals surface area contributed by atoms with E-state index in [4.69, 9.17) is 32.7 Å². The number of ether oxygens (including phenoxy) is 2. The van der Waals surface area contributed by atoms with Crippen molar-refractivity contribution in [2.45, 2.75) is 24.7 Å². The topological polar surface area (TPSA) is 77.4 Å². The van der Waals surface area contributed by atoms with E-state index in [0.717, 1.165) is 9.56 Å². The predicted molar refractivity (Wildman–Crippen MR) is 120 cm³/mol. The van der Waals surface area contributed by atoms with Crippen LogP contribution < -0.4 is 20.1 Å². The van der Waals surface area contributed by atoms with Crippen LogP contribution in [0, 0.1) is 0 Å². The highest BCUT2D eigenvalue weighted by Crippen LogP contribution is 2.47. The van der Waals surface area contributed by atoms with Gasteiger partial charge < -0.3 is 20.1 Å². The SMILES string of the molecule is COc1cc(NC(=O)c2nn3c(c2Cl)N[C@H](c2cccs2)C[C@@H]3C(F)(F)F)c(OC)cc1Cl. The van der Waals surface area contributed by atoms with Crippen molar-refractivity contribution in [3.63, 3.8) is 0 Å². The van der Waals surface area contributed by atoms with E-state index in [1.54, 1.807) is 17.5 Å². The van der Waals surface area contributed by atoms with Crippen molar-refractivity contribution in [1.82, 2.24) is 9.78 Å². The minimum Gasteiger partial charge on any atom is -0.495 e. The van der Waals surface area contributed by atoms with Gasteiger partial charge in [-0.2, -0.15) is 18.3 Å². The predicted octanol–water partition coefficient (Wildman–Crippen LogP) is 6.18. The van der Waals surface area contributed by atoms with Crippen LogP contribution in [-0.2, 0) is 0 Å². The Balaban J connectivity index is 1.71. The summed E-state index contributed by atoms with van der Waals surface area (Å²) >= 11 is 13.8. The van der Waals surface area contributed by atoms with Crippen molar-refractivity contribution < 1.29 is 27.4 Å². The van der Waals surface area contributed by atoms with Crippen LogP contribution in [0.15, 0.2) is 29.6 Å². The van der Waals surface area contributed by atoms with E-state index in [9.17, 15) is 18.0 Å². The molecule has 0 unspecified atom stereocenters. The fourth-order valence-corrected chi connectivity index (χ4v) is 4.84. The Labute approximate surface area is 200 Å². The van der Waals surface area contributed by atoms with Crippen molar-refractivity contribution in [2.75, 3.05) is 24.9 Å². The van der Waals surface area contributed by atoms with Gasteiger partial charge in [-0.1, -0.05) is 29.3 Å². The number of nitrogens with zero attached hydrogens (tertiary/aromatic N) is 2. The van der Waals surface area contributed by atoms with E-state index in [1.165, 1.54) is 37.7 Å². The summed E-state index contributed by atoms with van der Waals surface area (Å²) in [6, 6.07) is 3.77. The Hall–Kier alpha value is -2.63. The molecule has 0 aliphatic carbocycles. The molecule has 0 saturated heterocycles. The van der Waals surface area contributed by atoms with Gasteiger partial charge in [-0.05, 0) is 11.4 Å². The Kier molecular flexibility index (Phi) is 6.39. The van der Waals surface area contributed by atoms with Crippen molar-refractivity contribution in [3.8, 4) is 11.5 Å². The van der Waals surface area contributed by atoms with Gasteiger partial charge in [0.05, 0.1) is 31.0 Å². The van der Waals surface area contributed by atoms with E-state index in [0.29, 0.717) is 0 Å². The van der Waals surface area contributed by atoms with E-state index < -0.39 is 24.2 Å². The van der Waals surface area contributed by atoms with Gasteiger partial charge in [0.2, 0.25) is 0 Å². The van der Waals surface area contributed by atoms with Crippen LogP contribution in [0.3, 0.4) is 0 Å². The molecule has 1 aliphatic heterocycles. The molecule has 13 heteroatoms. The van der Waals surface area contributed by atoms with E-state index >= 15 is 0 Å². The molecule has 7 nitrogen and oxygen atoms in total. The molecule has 0 spiro atoms. The maximum Gasteiger partial charge on any atom is 0.410 e. The van der Waals surface area contributed by atoms with Crippen LogP contribution >= 0.6 is 34.5 Å². The second-order valence-corrected chi connectivity index (χ2v) is 8.87. The Morgan fingerprint density at radius 2 is 2.00 bits per heavy atom. The lowest BCUT2D eigenvalue weighted by molar-refractivity contribution is -0.173. The molecule has 0 saturated carbocycles. The summed E-state index contributed by atoms with van der Waals surface area (Å²) in [7, 11) is 2.77. The van der Waals surface area contributed by atoms with Gasteiger partial charge in [0.15, 0.2) is 11.7 Å². The summed E-state index contributed by atoms with van der Waals surface area (Å²) in [5.41, 5.74) is -0.182. The van der Waals surface area contributed by atoms with Gasteiger partial charge in [-0.3, -0.25) is 4.79 Å². The molecule has 33 heavy (non-hydrogen) atoms. The average Bonchev–Trinajstić information content (AvgIpc) is 3.42. The monoisotopic (exact) mass is 520 g/mol. The summed E-state index contributed by atoms with van der Waals surface area (Å²) in [5, 5.41) is 11.3. The first-order valence-electron chi connectivity index (χ1n) is 9.51. The highest BCUT2D eigenvalue weighted by Gasteiger charge is 2.48. The second kappa shape index (κ2) is 8.96. The van der Waals surface area contributed by atoms with Crippen LogP contribution in [-0.4, -0.2) is 36.1 Å². The molecule has 2 atom stereocenters. The molecule has 3 aromatic rings. The molecule has 0 bridgehead atoms. The van der Waals surface area contributed by atoms with Crippen LogP contribution in [0.1, 0.15) is 33.9 Å². The van der Waals surface area contributed by atoms with E-state index in [1.807, 2.05) is 0 Å². The molecule has 0 radical (unpaired) electrons. The minimum absolute atomic E-state index is 0.0746. The second-order valence-electron chi connectivity index (χ2n) is 7.10. The zero-order chi connectivity index (χ0) is 23.9. The number of thiophene rings is 1. The zero-order valence-electron chi connectivity index (χ0n) is 17.2. The van der Waals surface area contributed by atoms with Gasteiger partial charge in [-0.25, -0.2) is 4.68 Å². The highest BCUT2D eigenvalue weighted by molar-refractivity contribution is 7.10. The van der Waals surface area contributed by atoms with Crippen LogP contribution in [0.2, 0.25) is 10.0 Å². The molecule has 1 aliphatic rings. The molecule has 1 aromatic carbocycles. The molecule has 1 amide bonds. The fraction of sp³-hybridized carbons (Fsp3) is 0.300. The number of anilines is 2. The third kappa shape index (κ3) is 4.44. The molecule has 2 aromatic heterocycles. The Bertz CT molecular complexity index is 1180. The summed E-state index contributed by atoms with van der Waals surface area (Å²) in [6.07, 6.45) is -4.89. The number of amides is 1. The number of carbonyl (C=O) groups is 1. The first-order chi connectivity index (χ1) is 15.6. The highest BCUT2D eigenvalue weighted by atomic mass is 35.5. The lowest BCUT2D eigenvalue weighted by Crippen LogP contribution is -2.35. The maximum atomic E-state index is 13.9. The molecule has 176 valence electrons. The number of methoxy groups -OCH3 is 2. The third-order valence-corrected chi connectivity index (χ3v) is 6.76. The average molecular weight is 521 g/mol. The number of aromatic nitrogens is 2. The number of hydrogen-bond acceptors (Lipinski definition) is 6. The minimum atomic E-state index is -4.60. The van der Waals surface area contributed by atoms with Crippen molar-refractivity contribution in [1.29, 1.82) is 0 Å². The number of benzene rings is 1. The van der Waals surface area contributed by atoms with Gasteiger partial charge in [0.25, 0.3) is 5.91 Å². The smallest absolute Gasteiger partial charge is 0.410 e. The van der Waals surface area contributed by atoms with Crippen molar-refractivity contribution in [3.05, 3.63) is 50.3 Å². The lowest BCUT2D eigenvalue weighted by Gasteiger charge is -2.32. The molecule has 2 N–H and O–H groups in total. The third-order valence-electron chi connectivity index (χ3n) is 5.12. The van der Waals surface area contributed by atoms with Gasteiger partial charge in [0, 0.05) is 23.4 Å². The number of nitrogens with one attached hydrogen (secondary N) is 2. The van der Waals surface area contributed by atoms with Crippen LogP contribution in [0.25, 0.3) is 0 Å². The number of carbonyl (C=O) groups excluding carboxylic acids is 1. The fourth-order valence-electron chi connectivity index (χ4n) is 3.55. The number of fused-ring (bicyclic) bond motifs is 1. The first kappa shape index (κ1) is 23.5. The number of alkyl halides is 3. The first-order valence-corrected chi connectivity index (χ1v) is 11.1. The quantitative estimate of drug-likeness (QED) is 0.419. The standard InChI is InChI=1S/C20H17Cl2F3N4O3S/c1-31-12-7-10(13(32-2)6-9(12)21)27-19(30)17-16(22)18-26-11(14-4-3-5-33-14)8-15(20(23,24)25)29(18)28-17/h3-7,11,15,26H,8H2,1-2H3,(H,27,30)/t11-,15+/m0/s1. The Morgan fingerprint density at radius 3 is 2.61 bits per heavy atom. The van der Waals surface area contributed by atoms with Crippen molar-refractivity contribution >= 4 is 52.0 Å². The van der Waals surface area contributed by atoms with Crippen LogP contribution in [0.4, 0.5) is 24.7 Å². The number of hydrogen-bond donors (Lipinski definition) is 2. The van der Waals surface area contributed by atoms with Gasteiger partial charge >= 0.3 is 6.18 Å². The number of halogens is 5. The van der Waals surface area contributed by atoms with Crippen molar-refractivity contribution in [2.24, 2.45) is 0 Å². The Morgan fingerprint density at radius 1 is 1.27 bits per heavy atom. The molecule has 4 rings (SSSR count). The molecular formula is C20H17Cl2F3N4O3S. The van der Waals surface area contributed by atoms with Crippen LogP contribution in [0.5, 0.6) is 11.5 Å². The summed E-state index contributed by atoms with van der Waals surface area (Å²) in [4.78, 5) is 13.7. The zero-order valence-corrected chi connectivity index (χ0v) is 19.5.